The van der Waals surface area contributed by atoms with Gasteiger partial charge in [-0.25, -0.2) is 0 Å². The van der Waals surface area contributed by atoms with Crippen LogP contribution < -0.4 is 0 Å². The Labute approximate surface area is 186 Å². The second-order valence-corrected chi connectivity index (χ2v) is 9.77. The number of halogens is 2. The second kappa shape index (κ2) is 8.94. The van der Waals surface area contributed by atoms with Crippen molar-refractivity contribution in [3.8, 4) is 6.07 Å². The number of likely N-dealkylation sites (tertiary alicyclic amines) is 1. The maximum atomic E-state index is 12.7. The van der Waals surface area contributed by atoms with Crippen LogP contribution in [0.4, 0.5) is 0 Å². The predicted octanol–water partition coefficient (Wildman–Crippen LogP) is 4.45. The second-order valence-electron chi connectivity index (χ2n) is 7.34. The largest absolute Gasteiger partial charge is 0.339 e. The fraction of sp³-hybridized carbons (Fsp3) is 0.333. The summed E-state index contributed by atoms with van der Waals surface area (Å²) in [5, 5.41) is 10.3. The van der Waals surface area contributed by atoms with E-state index in [-0.39, 0.29) is 17.4 Å². The maximum Gasteiger partial charge on any atom is 0.297 e. The van der Waals surface area contributed by atoms with Gasteiger partial charge in [0.15, 0.2) is 0 Å². The molecule has 0 aromatic heterocycles. The van der Waals surface area contributed by atoms with Crippen LogP contribution >= 0.6 is 23.2 Å². The Balaban J connectivity index is 1.64. The van der Waals surface area contributed by atoms with Crippen molar-refractivity contribution in [3.05, 3.63) is 63.6 Å². The van der Waals surface area contributed by atoms with Crippen LogP contribution in [0.15, 0.2) is 47.4 Å². The molecule has 0 bridgehead atoms. The molecule has 1 aliphatic heterocycles. The number of amides is 1. The van der Waals surface area contributed by atoms with Crippen LogP contribution in [0.1, 0.15) is 28.8 Å². The summed E-state index contributed by atoms with van der Waals surface area (Å²) in [7, 11) is -3.97. The molecule has 1 aliphatic rings. The van der Waals surface area contributed by atoms with Gasteiger partial charge in [0.05, 0.1) is 33.0 Å². The van der Waals surface area contributed by atoms with Gasteiger partial charge >= 0.3 is 0 Å². The van der Waals surface area contributed by atoms with Gasteiger partial charge < -0.3 is 4.90 Å². The average Bonchev–Trinajstić information content (AvgIpc) is 2.74. The molecule has 158 valence electrons. The summed E-state index contributed by atoms with van der Waals surface area (Å²) in [6, 6.07) is 13.2. The predicted molar refractivity (Wildman–Crippen MR) is 114 cm³/mol. The molecule has 0 aliphatic carbocycles. The van der Waals surface area contributed by atoms with Crippen molar-refractivity contribution >= 4 is 39.2 Å². The van der Waals surface area contributed by atoms with Gasteiger partial charge in [0, 0.05) is 18.7 Å². The lowest BCUT2D eigenvalue weighted by Gasteiger charge is -2.36. The van der Waals surface area contributed by atoms with Gasteiger partial charge in [0.1, 0.15) is 0 Å². The number of rotatable bonds is 5. The number of aryl methyl sites for hydroxylation is 1. The lowest BCUT2D eigenvalue weighted by Crippen LogP contribution is -2.44. The van der Waals surface area contributed by atoms with E-state index in [4.69, 9.17) is 27.4 Å². The van der Waals surface area contributed by atoms with Crippen molar-refractivity contribution in [1.29, 1.82) is 5.26 Å². The molecule has 0 radical (unpaired) electrons. The monoisotopic (exact) mass is 466 g/mol. The first-order valence-corrected chi connectivity index (χ1v) is 11.4. The van der Waals surface area contributed by atoms with Gasteiger partial charge in [-0.15, -0.1) is 0 Å². The topological polar surface area (TPSA) is 87.5 Å². The number of piperidine rings is 1. The van der Waals surface area contributed by atoms with E-state index in [0.29, 0.717) is 41.5 Å². The van der Waals surface area contributed by atoms with Crippen LogP contribution in [-0.2, 0) is 14.3 Å². The molecule has 0 spiro atoms. The van der Waals surface area contributed by atoms with Crippen LogP contribution in [-0.4, -0.2) is 38.9 Å². The summed E-state index contributed by atoms with van der Waals surface area (Å²) in [6.07, 6.45) is 0.611. The summed E-state index contributed by atoms with van der Waals surface area (Å²) in [4.78, 5) is 14.4. The highest BCUT2D eigenvalue weighted by Crippen LogP contribution is 2.33. The highest BCUT2D eigenvalue weighted by Gasteiger charge is 2.38. The van der Waals surface area contributed by atoms with E-state index in [1.165, 1.54) is 18.2 Å². The molecule has 1 fully saturated rings. The van der Waals surface area contributed by atoms with Crippen molar-refractivity contribution in [1.82, 2.24) is 4.90 Å². The van der Waals surface area contributed by atoms with Gasteiger partial charge in [-0.2, -0.15) is 13.7 Å². The summed E-state index contributed by atoms with van der Waals surface area (Å²) < 4.78 is 30.1. The van der Waals surface area contributed by atoms with E-state index in [2.05, 4.69) is 6.07 Å². The lowest BCUT2D eigenvalue weighted by molar-refractivity contribution is 0.0580. The van der Waals surface area contributed by atoms with Crippen molar-refractivity contribution < 1.29 is 17.4 Å². The minimum absolute atomic E-state index is 0.0495. The Hall–Kier alpha value is -2.11. The third-order valence-corrected chi connectivity index (χ3v) is 7.23. The number of nitriles is 1. The van der Waals surface area contributed by atoms with E-state index >= 15 is 0 Å². The molecule has 0 atom stereocenters. The van der Waals surface area contributed by atoms with Crippen LogP contribution in [0, 0.1) is 23.7 Å². The van der Waals surface area contributed by atoms with E-state index in [1.54, 1.807) is 29.2 Å². The normalized spacial score (nSPS) is 16.1. The zero-order chi connectivity index (χ0) is 21.9. The highest BCUT2D eigenvalue weighted by atomic mass is 35.5. The molecule has 0 saturated carbocycles. The van der Waals surface area contributed by atoms with E-state index < -0.39 is 15.5 Å². The molecule has 3 rings (SSSR count). The number of benzene rings is 2. The number of carbonyl (C=O) groups excluding carboxylic acids is 1. The Kier molecular flexibility index (Phi) is 6.73. The smallest absolute Gasteiger partial charge is 0.297 e. The molecular formula is C21H20Cl2N2O4S. The third kappa shape index (κ3) is 4.96. The number of hydrogen-bond acceptors (Lipinski definition) is 5. The highest BCUT2D eigenvalue weighted by molar-refractivity contribution is 7.86. The standard InChI is InChI=1S/C21H20Cl2N2O4S/c1-15-2-5-17(6-3-15)30(27,28)29-14-21(13-24)8-10-25(11-9-21)20(26)16-4-7-18(22)19(23)12-16/h2-7,12H,8-11,14H2,1H3. The Morgan fingerprint density at radius 3 is 2.33 bits per heavy atom. The number of nitrogens with zero attached hydrogens (tertiary/aromatic N) is 2. The van der Waals surface area contributed by atoms with Crippen LogP contribution in [0.2, 0.25) is 10.0 Å². The third-order valence-electron chi connectivity index (χ3n) is 5.21. The SMILES string of the molecule is Cc1ccc(S(=O)(=O)OCC2(C#N)CCN(C(=O)c3ccc(Cl)c(Cl)c3)CC2)cc1. The summed E-state index contributed by atoms with van der Waals surface area (Å²) in [6.45, 7) is 2.21. The maximum absolute atomic E-state index is 12.7. The fourth-order valence-electron chi connectivity index (χ4n) is 3.20. The molecular weight excluding hydrogens is 447 g/mol. The summed E-state index contributed by atoms with van der Waals surface area (Å²) in [5.74, 6) is -0.215. The zero-order valence-electron chi connectivity index (χ0n) is 16.3. The molecule has 0 unspecified atom stereocenters. The summed E-state index contributed by atoms with van der Waals surface area (Å²) in [5.41, 5.74) is 0.361. The first-order valence-electron chi connectivity index (χ1n) is 9.27. The quantitative estimate of drug-likeness (QED) is 0.607. The molecule has 6 nitrogen and oxygen atoms in total. The Morgan fingerprint density at radius 1 is 1.13 bits per heavy atom. The van der Waals surface area contributed by atoms with Crippen LogP contribution in [0.5, 0.6) is 0 Å². The molecule has 1 saturated heterocycles. The first-order chi connectivity index (χ1) is 14.2. The molecule has 1 amide bonds. The van der Waals surface area contributed by atoms with Gasteiger partial charge in [-0.1, -0.05) is 40.9 Å². The van der Waals surface area contributed by atoms with E-state index in [9.17, 15) is 18.5 Å². The van der Waals surface area contributed by atoms with Crippen molar-refractivity contribution in [2.75, 3.05) is 19.7 Å². The van der Waals surface area contributed by atoms with Crippen LogP contribution in [0.25, 0.3) is 0 Å². The minimum atomic E-state index is -3.97. The molecule has 2 aromatic carbocycles. The van der Waals surface area contributed by atoms with Crippen molar-refractivity contribution in [2.24, 2.45) is 5.41 Å². The lowest BCUT2D eigenvalue weighted by atomic mass is 9.80. The molecule has 2 aromatic rings. The van der Waals surface area contributed by atoms with Crippen molar-refractivity contribution in [3.63, 3.8) is 0 Å². The minimum Gasteiger partial charge on any atom is -0.339 e. The first kappa shape index (κ1) is 22.6. The van der Waals surface area contributed by atoms with Crippen LogP contribution in [0.3, 0.4) is 0 Å². The Morgan fingerprint density at radius 2 is 1.77 bits per heavy atom. The average molecular weight is 467 g/mol. The molecule has 30 heavy (non-hydrogen) atoms. The van der Waals surface area contributed by atoms with E-state index in [1.807, 2.05) is 6.92 Å². The number of hydrogen-bond donors (Lipinski definition) is 0. The zero-order valence-corrected chi connectivity index (χ0v) is 18.6. The number of carbonyl (C=O) groups is 1. The van der Waals surface area contributed by atoms with Gasteiger partial charge in [-0.3, -0.25) is 8.98 Å². The molecule has 9 heteroatoms. The van der Waals surface area contributed by atoms with E-state index in [0.717, 1.165) is 5.56 Å². The summed E-state index contributed by atoms with van der Waals surface area (Å²) >= 11 is 11.9. The molecule has 1 heterocycles. The van der Waals surface area contributed by atoms with Crippen molar-refractivity contribution in [2.45, 2.75) is 24.7 Å². The Bertz CT molecular complexity index is 1090. The van der Waals surface area contributed by atoms with Gasteiger partial charge in [-0.05, 0) is 50.1 Å². The van der Waals surface area contributed by atoms with Gasteiger partial charge in [0.2, 0.25) is 0 Å². The van der Waals surface area contributed by atoms with Gasteiger partial charge in [0.25, 0.3) is 16.0 Å². The molecule has 0 N–H and O–H groups in total. The fourth-order valence-corrected chi connectivity index (χ4v) is 4.49.